The van der Waals surface area contributed by atoms with Gasteiger partial charge in [-0.15, -0.1) is 0 Å². The molecule has 1 aromatic carbocycles. The van der Waals surface area contributed by atoms with Gasteiger partial charge in [-0.2, -0.15) is 0 Å². The molecule has 0 radical (unpaired) electrons. The van der Waals surface area contributed by atoms with Crippen molar-refractivity contribution in [3.05, 3.63) is 35.9 Å². The Balaban J connectivity index is 2.06. The molecular weight excluding hydrogens is 214 g/mol. The highest BCUT2D eigenvalue weighted by molar-refractivity contribution is 5.94. The molecule has 1 amide bonds. The Hall–Kier alpha value is -1.35. The predicted molar refractivity (Wildman–Crippen MR) is 67.0 cm³/mol. The Morgan fingerprint density at radius 1 is 1.35 bits per heavy atom. The van der Waals surface area contributed by atoms with Gasteiger partial charge in [0.05, 0.1) is 6.10 Å². The third-order valence-electron chi connectivity index (χ3n) is 3.44. The molecule has 0 saturated carbocycles. The third kappa shape index (κ3) is 2.67. The first-order valence-corrected chi connectivity index (χ1v) is 6.11. The molecule has 0 spiro atoms. The Morgan fingerprint density at radius 3 is 2.65 bits per heavy atom. The molecule has 1 heterocycles. The molecule has 92 valence electrons. The van der Waals surface area contributed by atoms with Gasteiger partial charge in [-0.05, 0) is 31.9 Å². The summed E-state index contributed by atoms with van der Waals surface area (Å²) >= 11 is 0. The molecule has 1 aliphatic rings. The topological polar surface area (TPSA) is 29.5 Å². The molecule has 2 unspecified atom stereocenters. The van der Waals surface area contributed by atoms with Crippen molar-refractivity contribution >= 4 is 5.91 Å². The van der Waals surface area contributed by atoms with Crippen molar-refractivity contribution in [2.45, 2.75) is 31.9 Å². The van der Waals surface area contributed by atoms with E-state index in [1.165, 1.54) is 0 Å². The van der Waals surface area contributed by atoms with Gasteiger partial charge >= 0.3 is 0 Å². The molecule has 2 rings (SSSR count). The fourth-order valence-corrected chi connectivity index (χ4v) is 2.39. The Labute approximate surface area is 102 Å². The average Bonchev–Trinajstić information content (AvgIpc) is 2.39. The summed E-state index contributed by atoms with van der Waals surface area (Å²) in [4.78, 5) is 14.2. The van der Waals surface area contributed by atoms with E-state index < -0.39 is 0 Å². The summed E-state index contributed by atoms with van der Waals surface area (Å²) in [6.07, 6.45) is 2.15. The summed E-state index contributed by atoms with van der Waals surface area (Å²) in [5.41, 5.74) is 0.773. The highest BCUT2D eigenvalue weighted by atomic mass is 16.5. The maximum Gasteiger partial charge on any atom is 0.254 e. The molecular formula is C14H19NO2. The lowest BCUT2D eigenvalue weighted by Crippen LogP contribution is -2.46. The van der Waals surface area contributed by atoms with E-state index in [1.807, 2.05) is 35.2 Å². The van der Waals surface area contributed by atoms with E-state index in [9.17, 15) is 4.79 Å². The Kier molecular flexibility index (Phi) is 3.79. The van der Waals surface area contributed by atoms with E-state index >= 15 is 0 Å². The molecule has 1 aromatic rings. The zero-order valence-electron chi connectivity index (χ0n) is 10.4. The number of nitrogens with zero attached hydrogens (tertiary/aromatic N) is 1. The SMILES string of the molecule is COC1CCN(C(=O)c2ccccc2)C(C)C1. The summed E-state index contributed by atoms with van der Waals surface area (Å²) in [6.45, 7) is 2.87. The van der Waals surface area contributed by atoms with Crippen molar-refractivity contribution in [2.24, 2.45) is 0 Å². The van der Waals surface area contributed by atoms with Crippen LogP contribution >= 0.6 is 0 Å². The van der Waals surface area contributed by atoms with Crippen LogP contribution in [0.15, 0.2) is 30.3 Å². The molecule has 0 aliphatic carbocycles. The number of carbonyl (C=O) groups is 1. The van der Waals surface area contributed by atoms with Crippen molar-refractivity contribution in [3.63, 3.8) is 0 Å². The third-order valence-corrected chi connectivity index (χ3v) is 3.44. The monoisotopic (exact) mass is 233 g/mol. The molecule has 2 atom stereocenters. The van der Waals surface area contributed by atoms with Gasteiger partial charge in [0.25, 0.3) is 5.91 Å². The quantitative estimate of drug-likeness (QED) is 0.784. The van der Waals surface area contributed by atoms with Crippen LogP contribution in [0.2, 0.25) is 0 Å². The van der Waals surface area contributed by atoms with E-state index in [0.717, 1.165) is 24.9 Å². The summed E-state index contributed by atoms with van der Waals surface area (Å²) in [5.74, 6) is 0.132. The zero-order valence-corrected chi connectivity index (χ0v) is 10.4. The maximum atomic E-state index is 12.3. The highest BCUT2D eigenvalue weighted by Crippen LogP contribution is 2.21. The molecule has 17 heavy (non-hydrogen) atoms. The average molecular weight is 233 g/mol. The Bertz CT molecular complexity index is 377. The molecule has 1 aliphatic heterocycles. The van der Waals surface area contributed by atoms with Gasteiger partial charge in [-0.25, -0.2) is 0 Å². The summed E-state index contributed by atoms with van der Waals surface area (Å²) in [7, 11) is 1.74. The van der Waals surface area contributed by atoms with Crippen molar-refractivity contribution in [3.8, 4) is 0 Å². The molecule has 0 bridgehead atoms. The van der Waals surface area contributed by atoms with Crippen LogP contribution in [0.3, 0.4) is 0 Å². The van der Waals surface area contributed by atoms with Gasteiger partial charge in [-0.1, -0.05) is 18.2 Å². The van der Waals surface area contributed by atoms with Crippen LogP contribution in [0, 0.1) is 0 Å². The first-order valence-electron chi connectivity index (χ1n) is 6.11. The van der Waals surface area contributed by atoms with Crippen molar-refractivity contribution in [1.82, 2.24) is 4.90 Å². The lowest BCUT2D eigenvalue weighted by atomic mass is 9.99. The standard InChI is InChI=1S/C14H19NO2/c1-11-10-13(17-2)8-9-15(11)14(16)12-6-4-3-5-7-12/h3-7,11,13H,8-10H2,1-2H3. The van der Waals surface area contributed by atoms with Gasteiger partial charge < -0.3 is 9.64 Å². The minimum Gasteiger partial charge on any atom is -0.381 e. The van der Waals surface area contributed by atoms with E-state index in [2.05, 4.69) is 6.92 Å². The number of likely N-dealkylation sites (tertiary alicyclic amines) is 1. The van der Waals surface area contributed by atoms with E-state index in [-0.39, 0.29) is 11.9 Å². The minimum absolute atomic E-state index is 0.132. The highest BCUT2D eigenvalue weighted by Gasteiger charge is 2.28. The van der Waals surface area contributed by atoms with Crippen molar-refractivity contribution in [1.29, 1.82) is 0 Å². The van der Waals surface area contributed by atoms with Gasteiger partial charge in [0.1, 0.15) is 0 Å². The zero-order chi connectivity index (χ0) is 12.3. The van der Waals surface area contributed by atoms with Gasteiger partial charge in [0.2, 0.25) is 0 Å². The lowest BCUT2D eigenvalue weighted by molar-refractivity contribution is 0.0160. The number of rotatable bonds is 2. The minimum atomic E-state index is 0.132. The molecule has 0 aromatic heterocycles. The number of carbonyl (C=O) groups excluding carboxylic acids is 1. The van der Waals surface area contributed by atoms with E-state index in [4.69, 9.17) is 4.74 Å². The van der Waals surface area contributed by atoms with Crippen LogP contribution in [0.1, 0.15) is 30.1 Å². The number of piperidine rings is 1. The predicted octanol–water partition coefficient (Wildman–Crippen LogP) is 2.33. The number of hydrogen-bond donors (Lipinski definition) is 0. The van der Waals surface area contributed by atoms with Crippen LogP contribution < -0.4 is 0 Å². The summed E-state index contributed by atoms with van der Waals surface area (Å²) in [6, 6.07) is 9.73. The number of ether oxygens (including phenoxy) is 1. The molecule has 1 saturated heterocycles. The van der Waals surface area contributed by atoms with Crippen LogP contribution in [0.4, 0.5) is 0 Å². The van der Waals surface area contributed by atoms with Gasteiger partial charge in [-0.3, -0.25) is 4.79 Å². The molecule has 0 N–H and O–H groups in total. The van der Waals surface area contributed by atoms with Gasteiger partial charge in [0, 0.05) is 25.3 Å². The summed E-state index contributed by atoms with van der Waals surface area (Å²) < 4.78 is 5.36. The largest absolute Gasteiger partial charge is 0.381 e. The van der Waals surface area contributed by atoms with E-state index in [1.54, 1.807) is 7.11 Å². The van der Waals surface area contributed by atoms with Crippen molar-refractivity contribution in [2.75, 3.05) is 13.7 Å². The van der Waals surface area contributed by atoms with Crippen LogP contribution in [0.5, 0.6) is 0 Å². The summed E-state index contributed by atoms with van der Waals surface area (Å²) in [5, 5.41) is 0. The lowest BCUT2D eigenvalue weighted by Gasteiger charge is -2.37. The molecule has 3 nitrogen and oxygen atoms in total. The number of hydrogen-bond acceptors (Lipinski definition) is 2. The second-order valence-electron chi connectivity index (χ2n) is 4.60. The fourth-order valence-electron chi connectivity index (χ4n) is 2.39. The second-order valence-corrected chi connectivity index (χ2v) is 4.60. The van der Waals surface area contributed by atoms with E-state index in [0.29, 0.717) is 6.10 Å². The second kappa shape index (κ2) is 5.32. The first-order chi connectivity index (χ1) is 8.22. The number of amides is 1. The Morgan fingerprint density at radius 2 is 2.06 bits per heavy atom. The fraction of sp³-hybridized carbons (Fsp3) is 0.500. The number of benzene rings is 1. The van der Waals surface area contributed by atoms with Crippen LogP contribution in [0.25, 0.3) is 0 Å². The van der Waals surface area contributed by atoms with Crippen LogP contribution in [-0.2, 0) is 4.74 Å². The van der Waals surface area contributed by atoms with Crippen LogP contribution in [-0.4, -0.2) is 36.6 Å². The normalized spacial score (nSPS) is 24.7. The van der Waals surface area contributed by atoms with Crippen molar-refractivity contribution < 1.29 is 9.53 Å². The molecule has 1 fully saturated rings. The smallest absolute Gasteiger partial charge is 0.254 e. The first kappa shape index (κ1) is 12.1. The number of methoxy groups -OCH3 is 1. The maximum absolute atomic E-state index is 12.3. The molecule has 3 heteroatoms. The van der Waals surface area contributed by atoms with Gasteiger partial charge in [0.15, 0.2) is 0 Å².